The normalized spacial score (nSPS) is 12.4. The third kappa shape index (κ3) is 4.99. The third-order valence-corrected chi connectivity index (χ3v) is 13.5. The van der Waals surface area contributed by atoms with E-state index in [4.69, 9.17) is 9.97 Å². The zero-order valence-corrected chi connectivity index (χ0v) is 34.1. The van der Waals surface area contributed by atoms with Gasteiger partial charge < -0.3 is 9.13 Å². The maximum atomic E-state index is 5.41. The average Bonchev–Trinajstić information content (AvgIpc) is 3.88. The van der Waals surface area contributed by atoms with Gasteiger partial charge in [0.1, 0.15) is 0 Å². The summed E-state index contributed by atoms with van der Waals surface area (Å²) in [5.41, 5.74) is 20.9. The van der Waals surface area contributed by atoms with Crippen LogP contribution in [-0.2, 0) is 0 Å². The van der Waals surface area contributed by atoms with Crippen LogP contribution in [0.15, 0.2) is 212 Å². The first-order valence-electron chi connectivity index (χ1n) is 21.7. The SMILES string of the molecule is c1ccc(-c2ccc3c(c2)c2cccc4c2n3-c2cc(-c3nc(-c5ccccc5)cc(-c5ccccc5)n3)cc3c2B4c2cccc4c5cc(-c6ccccc6)ccc5n-3c24)cc1. The van der Waals surface area contributed by atoms with Gasteiger partial charge in [-0.1, -0.05) is 170 Å². The summed E-state index contributed by atoms with van der Waals surface area (Å²) in [6.45, 7) is 0.0173. The molecule has 0 aliphatic carbocycles. The largest absolute Gasteiger partial charge is 0.310 e. The highest BCUT2D eigenvalue weighted by Crippen LogP contribution is 2.42. The molecule has 2 aliphatic heterocycles. The summed E-state index contributed by atoms with van der Waals surface area (Å²) in [7, 11) is 0. The molecule has 0 N–H and O–H groups in total. The van der Waals surface area contributed by atoms with Gasteiger partial charge in [-0.3, -0.25) is 0 Å². The molecular formula is C58H35BN4. The minimum atomic E-state index is 0.0173. The second-order valence-electron chi connectivity index (χ2n) is 16.9. The molecule has 5 heterocycles. The zero-order chi connectivity index (χ0) is 41.2. The fraction of sp³-hybridized carbons (Fsp3) is 0. The molecular weight excluding hydrogens is 763 g/mol. The van der Waals surface area contributed by atoms with Gasteiger partial charge in [0.05, 0.1) is 22.4 Å². The van der Waals surface area contributed by atoms with Crippen molar-refractivity contribution in [2.24, 2.45) is 0 Å². The Bertz CT molecular complexity index is 3590. The lowest BCUT2D eigenvalue weighted by Gasteiger charge is -2.34. The number of para-hydroxylation sites is 2. The molecule has 0 bridgehead atoms. The fourth-order valence-electron chi connectivity index (χ4n) is 10.8. The molecule has 0 amide bonds. The van der Waals surface area contributed by atoms with Gasteiger partial charge in [-0.25, -0.2) is 9.97 Å². The minimum Gasteiger partial charge on any atom is -0.310 e. The van der Waals surface area contributed by atoms with Crippen LogP contribution in [0.1, 0.15) is 0 Å². The molecule has 0 unspecified atom stereocenters. The number of aromatic nitrogens is 4. The van der Waals surface area contributed by atoms with E-state index in [0.29, 0.717) is 5.82 Å². The molecule has 63 heavy (non-hydrogen) atoms. The van der Waals surface area contributed by atoms with Crippen molar-refractivity contribution < 1.29 is 0 Å². The van der Waals surface area contributed by atoms with Gasteiger partial charge >= 0.3 is 0 Å². The van der Waals surface area contributed by atoms with Crippen LogP contribution < -0.4 is 16.4 Å². The quantitative estimate of drug-likeness (QED) is 0.163. The van der Waals surface area contributed by atoms with E-state index in [1.54, 1.807) is 0 Å². The summed E-state index contributed by atoms with van der Waals surface area (Å²) >= 11 is 0. The lowest BCUT2D eigenvalue weighted by atomic mass is 9.34. The molecule has 9 aromatic carbocycles. The van der Waals surface area contributed by atoms with Crippen LogP contribution in [0.5, 0.6) is 0 Å². The Hall–Kier alpha value is -8.28. The summed E-state index contributed by atoms with van der Waals surface area (Å²) in [5, 5.41) is 5.02. The van der Waals surface area contributed by atoms with Gasteiger partial charge in [0.25, 0.3) is 6.71 Å². The van der Waals surface area contributed by atoms with Gasteiger partial charge in [-0.15, -0.1) is 0 Å². The number of hydrogen-bond acceptors (Lipinski definition) is 2. The summed E-state index contributed by atoms with van der Waals surface area (Å²) in [6, 6.07) is 77.1. The molecule has 14 rings (SSSR count). The maximum absolute atomic E-state index is 5.41. The van der Waals surface area contributed by atoms with E-state index in [-0.39, 0.29) is 6.71 Å². The van der Waals surface area contributed by atoms with Crippen LogP contribution in [-0.4, -0.2) is 25.8 Å². The molecule has 0 saturated heterocycles. The third-order valence-electron chi connectivity index (χ3n) is 13.5. The lowest BCUT2D eigenvalue weighted by molar-refractivity contribution is 1.13. The smallest absolute Gasteiger partial charge is 0.252 e. The van der Waals surface area contributed by atoms with Gasteiger partial charge in [0.2, 0.25) is 0 Å². The minimum absolute atomic E-state index is 0.0173. The van der Waals surface area contributed by atoms with Gasteiger partial charge in [0, 0.05) is 60.6 Å². The molecule has 0 spiro atoms. The molecule has 0 fully saturated rings. The maximum Gasteiger partial charge on any atom is 0.252 e. The highest BCUT2D eigenvalue weighted by Gasteiger charge is 2.41. The van der Waals surface area contributed by atoms with Crippen LogP contribution in [0, 0.1) is 0 Å². The van der Waals surface area contributed by atoms with E-state index >= 15 is 0 Å². The predicted octanol–water partition coefficient (Wildman–Crippen LogP) is 12.1. The van der Waals surface area contributed by atoms with Crippen LogP contribution in [0.4, 0.5) is 0 Å². The molecule has 12 aromatic rings. The number of nitrogens with zero attached hydrogens (tertiary/aromatic N) is 4. The first-order chi connectivity index (χ1) is 31.2. The van der Waals surface area contributed by atoms with E-state index in [9.17, 15) is 0 Å². The van der Waals surface area contributed by atoms with Crippen molar-refractivity contribution in [3.05, 3.63) is 212 Å². The molecule has 0 atom stereocenters. The first-order valence-corrected chi connectivity index (χ1v) is 21.7. The van der Waals surface area contributed by atoms with Crippen LogP contribution in [0.2, 0.25) is 0 Å². The topological polar surface area (TPSA) is 35.6 Å². The summed E-state index contributed by atoms with van der Waals surface area (Å²) in [5.74, 6) is 0.696. The van der Waals surface area contributed by atoms with Gasteiger partial charge in [-0.2, -0.15) is 0 Å². The summed E-state index contributed by atoms with van der Waals surface area (Å²) < 4.78 is 5.08. The van der Waals surface area contributed by atoms with E-state index in [0.717, 1.165) is 28.1 Å². The fourth-order valence-corrected chi connectivity index (χ4v) is 10.8. The summed E-state index contributed by atoms with van der Waals surface area (Å²) in [6.07, 6.45) is 0. The monoisotopic (exact) mass is 798 g/mol. The summed E-state index contributed by atoms with van der Waals surface area (Å²) in [4.78, 5) is 10.8. The van der Waals surface area contributed by atoms with Crippen LogP contribution in [0.3, 0.4) is 0 Å². The predicted molar refractivity (Wildman–Crippen MR) is 263 cm³/mol. The Labute approximate surface area is 364 Å². The standard InChI is InChI=1S/C58H35BN4/c1-5-15-36(16-6-1)40-27-29-51-45(31-40)43-23-13-25-47-56(43)62(51)53-33-42(58-60-49(38-19-9-3-10-20-38)35-50(61-58)39-21-11-4-12-22-39)34-54-55(53)59(47)48-26-14-24-44-46-32-41(37-17-7-2-8-18-37)28-30-52(46)63(54)57(44)48/h1-35H. The Balaban J connectivity index is 1.11. The highest BCUT2D eigenvalue weighted by molar-refractivity contribution is 7.00. The Morgan fingerprint density at radius 2 is 0.746 bits per heavy atom. The molecule has 0 saturated carbocycles. The number of rotatable bonds is 5. The van der Waals surface area contributed by atoms with E-state index in [1.807, 2.05) is 0 Å². The molecule has 290 valence electrons. The van der Waals surface area contributed by atoms with Crippen molar-refractivity contribution in [2.45, 2.75) is 0 Å². The number of fused-ring (bicyclic) bond motifs is 10. The van der Waals surface area contributed by atoms with E-state index in [2.05, 4.69) is 221 Å². The molecule has 3 aromatic heterocycles. The molecule has 5 heteroatoms. The zero-order valence-electron chi connectivity index (χ0n) is 34.1. The van der Waals surface area contributed by atoms with E-state index < -0.39 is 0 Å². The molecule has 2 aliphatic rings. The Morgan fingerprint density at radius 1 is 0.317 bits per heavy atom. The highest BCUT2D eigenvalue weighted by atomic mass is 15.0. The van der Waals surface area contributed by atoms with Crippen LogP contribution >= 0.6 is 0 Å². The van der Waals surface area contributed by atoms with E-state index in [1.165, 1.54) is 93.6 Å². The van der Waals surface area contributed by atoms with Crippen molar-refractivity contribution >= 4 is 66.7 Å². The second-order valence-corrected chi connectivity index (χ2v) is 16.9. The second kappa shape index (κ2) is 13.1. The van der Waals surface area contributed by atoms with Crippen molar-refractivity contribution in [1.29, 1.82) is 0 Å². The van der Waals surface area contributed by atoms with Crippen LogP contribution in [0.25, 0.3) is 111 Å². The first kappa shape index (κ1) is 34.4. The number of hydrogen-bond donors (Lipinski definition) is 0. The van der Waals surface area contributed by atoms with Crippen molar-refractivity contribution in [2.75, 3.05) is 0 Å². The molecule has 4 nitrogen and oxygen atoms in total. The van der Waals surface area contributed by atoms with Crippen molar-refractivity contribution in [3.8, 4) is 67.5 Å². The van der Waals surface area contributed by atoms with Gasteiger partial charge in [-0.05, 0) is 81.1 Å². The Morgan fingerprint density at radius 3 is 1.19 bits per heavy atom. The Kier molecular flexibility index (Phi) is 7.17. The lowest BCUT2D eigenvalue weighted by Crippen LogP contribution is -2.59. The molecule has 0 radical (unpaired) electrons. The van der Waals surface area contributed by atoms with Crippen molar-refractivity contribution in [1.82, 2.24) is 19.1 Å². The van der Waals surface area contributed by atoms with Gasteiger partial charge in [0.15, 0.2) is 5.82 Å². The number of benzene rings is 9. The van der Waals surface area contributed by atoms with Crippen molar-refractivity contribution in [3.63, 3.8) is 0 Å². The average molecular weight is 799 g/mol.